The van der Waals surface area contributed by atoms with Crippen molar-refractivity contribution < 1.29 is 9.84 Å². The summed E-state index contributed by atoms with van der Waals surface area (Å²) in [5, 5.41) is 12.6. The van der Waals surface area contributed by atoms with Crippen LogP contribution in [0.3, 0.4) is 0 Å². The Morgan fingerprint density at radius 1 is 1.53 bits per heavy atom. The summed E-state index contributed by atoms with van der Waals surface area (Å²) in [4.78, 5) is 2.46. The zero-order valence-corrected chi connectivity index (χ0v) is 9.70. The van der Waals surface area contributed by atoms with Crippen LogP contribution in [0.5, 0.6) is 0 Å². The zero-order valence-electron chi connectivity index (χ0n) is 9.70. The van der Waals surface area contributed by atoms with Gasteiger partial charge in [-0.3, -0.25) is 4.90 Å². The molecule has 4 heteroatoms. The van der Waals surface area contributed by atoms with Gasteiger partial charge in [-0.15, -0.1) is 0 Å². The molecule has 2 rings (SSSR count). The Labute approximate surface area is 91.6 Å². The third-order valence-electron chi connectivity index (χ3n) is 3.26. The normalized spacial score (nSPS) is 37.0. The highest BCUT2D eigenvalue weighted by molar-refractivity contribution is 4.90. The molecule has 15 heavy (non-hydrogen) atoms. The van der Waals surface area contributed by atoms with E-state index in [4.69, 9.17) is 4.74 Å². The highest BCUT2D eigenvalue weighted by atomic mass is 16.5. The van der Waals surface area contributed by atoms with Crippen LogP contribution in [0.4, 0.5) is 0 Å². The lowest BCUT2D eigenvalue weighted by atomic mass is 10.0. The first-order valence-corrected chi connectivity index (χ1v) is 5.84. The molecule has 2 N–H and O–H groups in total. The van der Waals surface area contributed by atoms with E-state index in [1.54, 1.807) is 0 Å². The maximum atomic E-state index is 9.22. The number of aliphatic hydroxyl groups is 1. The lowest BCUT2D eigenvalue weighted by Crippen LogP contribution is -2.57. The number of ether oxygens (including phenoxy) is 1. The van der Waals surface area contributed by atoms with Crippen molar-refractivity contribution in [2.75, 3.05) is 32.8 Å². The predicted octanol–water partition coefficient (Wildman–Crippen LogP) is -0.180. The van der Waals surface area contributed by atoms with Gasteiger partial charge in [0, 0.05) is 25.7 Å². The molecule has 0 spiro atoms. The van der Waals surface area contributed by atoms with Crippen LogP contribution in [0.15, 0.2) is 0 Å². The number of nitrogens with one attached hydrogen (secondary N) is 1. The summed E-state index contributed by atoms with van der Waals surface area (Å²) in [6.07, 6.45) is 1.20. The third-order valence-corrected chi connectivity index (χ3v) is 3.26. The summed E-state index contributed by atoms with van der Waals surface area (Å²) in [5.74, 6) is 0. The summed E-state index contributed by atoms with van der Waals surface area (Å²) in [5.41, 5.74) is -0.131. The van der Waals surface area contributed by atoms with Gasteiger partial charge in [-0.05, 0) is 26.8 Å². The number of hydrogen-bond donors (Lipinski definition) is 2. The monoisotopic (exact) mass is 214 g/mol. The Bertz CT molecular complexity index is 215. The van der Waals surface area contributed by atoms with Crippen molar-refractivity contribution in [1.29, 1.82) is 0 Å². The Kier molecular flexibility index (Phi) is 3.30. The van der Waals surface area contributed by atoms with E-state index in [9.17, 15) is 5.11 Å². The molecule has 0 aromatic rings. The molecular weight excluding hydrogens is 192 g/mol. The number of rotatable bonds is 2. The lowest BCUT2D eigenvalue weighted by Gasteiger charge is -2.44. The van der Waals surface area contributed by atoms with Gasteiger partial charge in [-0.1, -0.05) is 0 Å². The third kappa shape index (κ3) is 2.69. The van der Waals surface area contributed by atoms with E-state index in [1.807, 2.05) is 0 Å². The summed E-state index contributed by atoms with van der Waals surface area (Å²) in [6, 6.07) is 0.627. The van der Waals surface area contributed by atoms with Gasteiger partial charge in [0.2, 0.25) is 0 Å². The molecule has 0 radical (unpaired) electrons. The molecule has 88 valence electrons. The average molecular weight is 214 g/mol. The Balaban J connectivity index is 1.98. The fourth-order valence-corrected chi connectivity index (χ4v) is 2.67. The number of nitrogens with zero attached hydrogens (tertiary/aromatic N) is 1. The van der Waals surface area contributed by atoms with Crippen molar-refractivity contribution >= 4 is 0 Å². The Morgan fingerprint density at radius 3 is 2.93 bits per heavy atom. The van der Waals surface area contributed by atoms with Crippen molar-refractivity contribution in [3.63, 3.8) is 0 Å². The van der Waals surface area contributed by atoms with Crippen LogP contribution in [0.1, 0.15) is 20.3 Å². The molecule has 0 saturated carbocycles. The van der Waals surface area contributed by atoms with Crippen LogP contribution in [-0.4, -0.2) is 60.5 Å². The van der Waals surface area contributed by atoms with Crippen LogP contribution in [0.2, 0.25) is 0 Å². The molecule has 2 fully saturated rings. The van der Waals surface area contributed by atoms with Crippen LogP contribution < -0.4 is 5.32 Å². The average Bonchev–Trinajstić information content (AvgIpc) is 2.68. The van der Waals surface area contributed by atoms with E-state index in [1.165, 1.54) is 6.42 Å². The summed E-state index contributed by atoms with van der Waals surface area (Å²) in [7, 11) is 0. The molecule has 2 heterocycles. The first-order chi connectivity index (χ1) is 7.11. The van der Waals surface area contributed by atoms with Gasteiger partial charge in [0.15, 0.2) is 0 Å². The SMILES string of the molecule is CC1(C)CN(C2CCNC2)CC(CO)O1. The molecule has 4 nitrogen and oxygen atoms in total. The molecule has 2 unspecified atom stereocenters. The van der Waals surface area contributed by atoms with Crippen LogP contribution in [-0.2, 0) is 4.74 Å². The highest BCUT2D eigenvalue weighted by Gasteiger charge is 2.36. The van der Waals surface area contributed by atoms with Crippen molar-refractivity contribution in [2.45, 2.75) is 38.0 Å². The van der Waals surface area contributed by atoms with E-state index < -0.39 is 0 Å². The first-order valence-electron chi connectivity index (χ1n) is 5.84. The predicted molar refractivity (Wildman–Crippen MR) is 58.9 cm³/mol. The van der Waals surface area contributed by atoms with E-state index in [0.29, 0.717) is 6.04 Å². The quantitative estimate of drug-likeness (QED) is 0.669. The molecule has 0 aromatic carbocycles. The number of morpholine rings is 1. The van der Waals surface area contributed by atoms with Crippen LogP contribution in [0, 0.1) is 0 Å². The van der Waals surface area contributed by atoms with Gasteiger partial charge >= 0.3 is 0 Å². The van der Waals surface area contributed by atoms with Gasteiger partial charge in [0.1, 0.15) is 0 Å². The number of aliphatic hydroxyl groups excluding tert-OH is 1. The molecule has 0 amide bonds. The van der Waals surface area contributed by atoms with E-state index >= 15 is 0 Å². The van der Waals surface area contributed by atoms with E-state index in [2.05, 4.69) is 24.1 Å². The highest BCUT2D eigenvalue weighted by Crippen LogP contribution is 2.24. The van der Waals surface area contributed by atoms with Crippen LogP contribution >= 0.6 is 0 Å². The minimum absolute atomic E-state index is 0.0191. The molecule has 2 aliphatic heterocycles. The zero-order chi connectivity index (χ0) is 10.9. The Morgan fingerprint density at radius 2 is 2.33 bits per heavy atom. The Hall–Kier alpha value is -0.160. The summed E-state index contributed by atoms with van der Waals surface area (Å²) >= 11 is 0. The standard InChI is InChI=1S/C11H22N2O2/c1-11(2)8-13(6-10(7-14)15-11)9-3-4-12-5-9/h9-10,12,14H,3-8H2,1-2H3. The van der Waals surface area contributed by atoms with E-state index in [0.717, 1.165) is 26.2 Å². The van der Waals surface area contributed by atoms with Gasteiger partial charge in [-0.2, -0.15) is 0 Å². The largest absolute Gasteiger partial charge is 0.394 e. The summed E-state index contributed by atoms with van der Waals surface area (Å²) < 4.78 is 5.80. The molecule has 2 saturated heterocycles. The number of hydrogen-bond acceptors (Lipinski definition) is 4. The molecular formula is C11H22N2O2. The lowest BCUT2D eigenvalue weighted by molar-refractivity contribution is -0.155. The van der Waals surface area contributed by atoms with Gasteiger partial charge in [0.25, 0.3) is 0 Å². The summed E-state index contributed by atoms with van der Waals surface area (Å²) in [6.45, 7) is 8.36. The smallest absolute Gasteiger partial charge is 0.0940 e. The van der Waals surface area contributed by atoms with Crippen molar-refractivity contribution in [1.82, 2.24) is 10.2 Å². The van der Waals surface area contributed by atoms with Crippen molar-refractivity contribution in [3.8, 4) is 0 Å². The molecule has 2 atom stereocenters. The second-order valence-electron chi connectivity index (χ2n) is 5.26. The van der Waals surface area contributed by atoms with Crippen molar-refractivity contribution in [3.05, 3.63) is 0 Å². The molecule has 0 bridgehead atoms. The van der Waals surface area contributed by atoms with Crippen molar-refractivity contribution in [2.24, 2.45) is 0 Å². The molecule has 0 aromatic heterocycles. The van der Waals surface area contributed by atoms with Gasteiger partial charge in [0.05, 0.1) is 18.3 Å². The molecule has 2 aliphatic rings. The fourth-order valence-electron chi connectivity index (χ4n) is 2.67. The second kappa shape index (κ2) is 4.37. The second-order valence-corrected chi connectivity index (χ2v) is 5.26. The maximum absolute atomic E-state index is 9.22. The fraction of sp³-hybridized carbons (Fsp3) is 1.00. The first kappa shape index (κ1) is 11.3. The topological polar surface area (TPSA) is 44.7 Å². The maximum Gasteiger partial charge on any atom is 0.0940 e. The van der Waals surface area contributed by atoms with Gasteiger partial charge < -0.3 is 15.2 Å². The van der Waals surface area contributed by atoms with Gasteiger partial charge in [-0.25, -0.2) is 0 Å². The van der Waals surface area contributed by atoms with Crippen LogP contribution in [0.25, 0.3) is 0 Å². The minimum Gasteiger partial charge on any atom is -0.394 e. The molecule has 0 aliphatic carbocycles. The minimum atomic E-state index is -0.131. The van der Waals surface area contributed by atoms with E-state index in [-0.39, 0.29) is 18.3 Å².